The van der Waals surface area contributed by atoms with Gasteiger partial charge < -0.3 is 4.57 Å². The van der Waals surface area contributed by atoms with Gasteiger partial charge in [-0.1, -0.05) is 30.7 Å². The maximum atomic E-state index is 13.8. The lowest BCUT2D eigenvalue weighted by molar-refractivity contribution is -0.173. The van der Waals surface area contributed by atoms with E-state index >= 15 is 0 Å². The normalized spacial score (nSPS) is 13.8. The summed E-state index contributed by atoms with van der Waals surface area (Å²) in [6.45, 7) is 2.30. The van der Waals surface area contributed by atoms with Crippen LogP contribution in [-0.2, 0) is 17.1 Å². The maximum absolute atomic E-state index is 13.8. The number of aromatic nitrogens is 1. The maximum Gasteiger partial charge on any atom is 0.409 e. The molecule has 1 atom stereocenters. The fourth-order valence-electron chi connectivity index (χ4n) is 2.77. The molecule has 10 heteroatoms. The van der Waals surface area contributed by atoms with E-state index in [1.165, 1.54) is 33.0 Å². The zero-order valence-corrected chi connectivity index (χ0v) is 16.4. The Morgan fingerprint density at radius 3 is 2.22 bits per heavy atom. The van der Waals surface area contributed by atoms with Gasteiger partial charge in [0.05, 0.1) is 4.90 Å². The number of nitrogens with zero attached hydrogens (tertiary/aromatic N) is 2. The van der Waals surface area contributed by atoms with Gasteiger partial charge in [-0.05, 0) is 30.7 Å². The number of hydrogen-bond acceptors (Lipinski definition) is 3. The Balaban J connectivity index is 2.66. The molecule has 0 aliphatic heterocycles. The van der Waals surface area contributed by atoms with Gasteiger partial charge in [-0.2, -0.15) is 17.5 Å². The van der Waals surface area contributed by atoms with Gasteiger partial charge in [0.25, 0.3) is 5.56 Å². The van der Waals surface area contributed by atoms with Crippen molar-refractivity contribution in [2.24, 2.45) is 7.05 Å². The molecule has 148 valence electrons. The van der Waals surface area contributed by atoms with Crippen molar-refractivity contribution in [3.05, 3.63) is 63.0 Å². The van der Waals surface area contributed by atoms with Crippen LogP contribution in [0.1, 0.15) is 24.1 Å². The highest BCUT2D eigenvalue weighted by Crippen LogP contribution is 2.40. The van der Waals surface area contributed by atoms with Crippen LogP contribution in [0.4, 0.5) is 13.2 Å². The lowest BCUT2D eigenvalue weighted by Crippen LogP contribution is -2.42. The minimum Gasteiger partial charge on any atom is -0.317 e. The summed E-state index contributed by atoms with van der Waals surface area (Å²) in [6.07, 6.45) is -3.84. The molecule has 0 aliphatic carbocycles. The van der Waals surface area contributed by atoms with E-state index in [9.17, 15) is 26.4 Å². The highest BCUT2D eigenvalue weighted by molar-refractivity contribution is 7.89. The molecule has 5 nitrogen and oxygen atoms in total. The van der Waals surface area contributed by atoms with Crippen LogP contribution in [0.25, 0.3) is 0 Å². The fourth-order valence-corrected chi connectivity index (χ4v) is 4.64. The van der Waals surface area contributed by atoms with Crippen molar-refractivity contribution < 1.29 is 21.6 Å². The van der Waals surface area contributed by atoms with E-state index in [1.54, 1.807) is 0 Å². The molecule has 0 unspecified atom stereocenters. The van der Waals surface area contributed by atoms with E-state index < -0.39 is 34.3 Å². The molecular formula is C17H18ClF3N2O3S. The van der Waals surface area contributed by atoms with E-state index in [0.29, 0.717) is 4.31 Å². The Morgan fingerprint density at radius 2 is 1.78 bits per heavy atom. The summed E-state index contributed by atoms with van der Waals surface area (Å²) in [5.74, 6) is 0. The first-order valence-corrected chi connectivity index (χ1v) is 9.72. The van der Waals surface area contributed by atoms with Gasteiger partial charge in [0.1, 0.15) is 6.04 Å². The SMILES string of the molecule is CCN([C@H](c1ccc(Cl)cc1)C(F)(F)F)S(=O)(=O)c1cc(C)c(=O)n(C)c1. The monoisotopic (exact) mass is 422 g/mol. The van der Waals surface area contributed by atoms with Crippen molar-refractivity contribution in [2.75, 3.05) is 6.54 Å². The summed E-state index contributed by atoms with van der Waals surface area (Å²) in [5.41, 5.74) is -0.564. The minimum atomic E-state index is -4.85. The highest BCUT2D eigenvalue weighted by Gasteiger charge is 2.48. The summed E-state index contributed by atoms with van der Waals surface area (Å²) in [4.78, 5) is 11.4. The molecule has 0 saturated carbocycles. The average Bonchev–Trinajstić information content (AvgIpc) is 2.56. The second-order valence-corrected chi connectivity index (χ2v) is 8.31. The third-order valence-corrected chi connectivity index (χ3v) is 6.20. The molecule has 0 bridgehead atoms. The number of hydrogen-bond donors (Lipinski definition) is 0. The van der Waals surface area contributed by atoms with Gasteiger partial charge in [-0.3, -0.25) is 4.79 Å². The van der Waals surface area contributed by atoms with Crippen LogP contribution in [0, 0.1) is 6.92 Å². The van der Waals surface area contributed by atoms with Crippen LogP contribution in [-0.4, -0.2) is 30.0 Å². The Kier molecular flexibility index (Phi) is 6.08. The number of rotatable bonds is 5. The number of sulfonamides is 1. The molecule has 0 fully saturated rings. The van der Waals surface area contributed by atoms with Crippen LogP contribution in [0.3, 0.4) is 0 Å². The topological polar surface area (TPSA) is 59.4 Å². The van der Waals surface area contributed by atoms with Crippen molar-refractivity contribution in [1.82, 2.24) is 8.87 Å². The first-order valence-electron chi connectivity index (χ1n) is 7.91. The van der Waals surface area contributed by atoms with Crippen molar-refractivity contribution in [1.29, 1.82) is 0 Å². The molecule has 27 heavy (non-hydrogen) atoms. The summed E-state index contributed by atoms with van der Waals surface area (Å²) < 4.78 is 68.8. The van der Waals surface area contributed by atoms with E-state index in [2.05, 4.69) is 0 Å². The summed E-state index contributed by atoms with van der Waals surface area (Å²) >= 11 is 5.73. The Hall–Kier alpha value is -1.84. The second kappa shape index (κ2) is 7.65. The van der Waals surface area contributed by atoms with Gasteiger partial charge in [0, 0.05) is 30.4 Å². The smallest absolute Gasteiger partial charge is 0.317 e. The van der Waals surface area contributed by atoms with E-state index in [-0.39, 0.29) is 21.0 Å². The van der Waals surface area contributed by atoms with E-state index in [0.717, 1.165) is 29.0 Å². The third-order valence-electron chi connectivity index (χ3n) is 4.04. The number of halogens is 4. The second-order valence-electron chi connectivity index (χ2n) is 5.98. The molecule has 2 aromatic rings. The molecular weight excluding hydrogens is 405 g/mol. The van der Waals surface area contributed by atoms with Gasteiger partial charge >= 0.3 is 6.18 Å². The molecule has 0 spiro atoms. The minimum absolute atomic E-state index is 0.115. The first kappa shape index (κ1) is 21.5. The lowest BCUT2D eigenvalue weighted by atomic mass is 10.1. The summed E-state index contributed by atoms with van der Waals surface area (Å²) in [6, 6.07) is 3.52. The van der Waals surface area contributed by atoms with Gasteiger partial charge in [0.2, 0.25) is 10.0 Å². The molecule has 0 amide bonds. The number of benzene rings is 1. The van der Waals surface area contributed by atoms with Crippen LogP contribution < -0.4 is 5.56 Å². The first-order chi connectivity index (χ1) is 12.4. The zero-order chi connectivity index (χ0) is 20.6. The largest absolute Gasteiger partial charge is 0.409 e. The summed E-state index contributed by atoms with van der Waals surface area (Å²) in [5, 5.41) is 0.235. The van der Waals surface area contributed by atoms with Gasteiger partial charge in [0.15, 0.2) is 0 Å². The van der Waals surface area contributed by atoms with Gasteiger partial charge in [-0.15, -0.1) is 0 Å². The molecule has 1 heterocycles. The van der Waals surface area contributed by atoms with Crippen LogP contribution in [0.2, 0.25) is 5.02 Å². The molecule has 0 saturated heterocycles. The number of alkyl halides is 3. The molecule has 1 aromatic carbocycles. The Morgan fingerprint density at radius 1 is 1.22 bits per heavy atom. The predicted octanol–water partition coefficient (Wildman–Crippen LogP) is 3.66. The number of aryl methyl sites for hydroxylation is 2. The Bertz CT molecular complexity index is 960. The van der Waals surface area contributed by atoms with Gasteiger partial charge in [-0.25, -0.2) is 8.42 Å². The summed E-state index contributed by atoms with van der Waals surface area (Å²) in [7, 11) is -3.19. The highest BCUT2D eigenvalue weighted by atomic mass is 35.5. The lowest BCUT2D eigenvalue weighted by Gasteiger charge is -2.32. The van der Waals surface area contributed by atoms with Crippen LogP contribution in [0.5, 0.6) is 0 Å². The zero-order valence-electron chi connectivity index (χ0n) is 14.8. The van der Waals surface area contributed by atoms with Crippen molar-refractivity contribution in [3.8, 4) is 0 Å². The fraction of sp³-hybridized carbons (Fsp3) is 0.353. The molecule has 0 N–H and O–H groups in total. The number of pyridine rings is 1. The molecule has 0 aliphatic rings. The third kappa shape index (κ3) is 4.36. The van der Waals surface area contributed by atoms with E-state index in [4.69, 9.17) is 11.6 Å². The molecule has 0 radical (unpaired) electrons. The van der Waals surface area contributed by atoms with Crippen molar-refractivity contribution >= 4 is 21.6 Å². The molecule has 2 rings (SSSR count). The van der Waals surface area contributed by atoms with Crippen molar-refractivity contribution in [3.63, 3.8) is 0 Å². The standard InChI is InChI=1S/C17H18ClF3N2O3S/c1-4-23(15(17(19,20)21)12-5-7-13(18)8-6-12)27(25,26)14-9-11(2)16(24)22(3)10-14/h5-10,15H,4H2,1-3H3/t15-/m1/s1. The van der Waals surface area contributed by atoms with Crippen LogP contribution >= 0.6 is 11.6 Å². The van der Waals surface area contributed by atoms with Crippen LogP contribution in [0.15, 0.2) is 46.2 Å². The predicted molar refractivity (Wildman–Crippen MR) is 96.2 cm³/mol. The van der Waals surface area contributed by atoms with E-state index in [1.807, 2.05) is 0 Å². The Labute approximate surface area is 160 Å². The van der Waals surface area contributed by atoms with Crippen molar-refractivity contribution in [2.45, 2.75) is 31.0 Å². The molecule has 1 aromatic heterocycles. The average molecular weight is 423 g/mol. The quantitative estimate of drug-likeness (QED) is 0.738.